The van der Waals surface area contributed by atoms with Gasteiger partial charge in [0, 0.05) is 22.8 Å². The topological polar surface area (TPSA) is 115 Å². The fraction of sp³-hybridized carbons (Fsp3) is 0.174. The van der Waals surface area contributed by atoms with Crippen LogP contribution in [-0.4, -0.2) is 43.3 Å². The molecule has 0 atom stereocenters. The Morgan fingerprint density at radius 3 is 2.50 bits per heavy atom. The van der Waals surface area contributed by atoms with Crippen LogP contribution in [0.5, 0.6) is 11.6 Å². The van der Waals surface area contributed by atoms with Gasteiger partial charge >= 0.3 is 0 Å². The molecule has 0 aliphatic carbocycles. The molecule has 4 aromatic rings. The lowest BCUT2D eigenvalue weighted by Crippen LogP contribution is -2.15. The Bertz CT molecular complexity index is 1460. The zero-order chi connectivity index (χ0) is 24.3. The number of sulfonamides is 1. The Morgan fingerprint density at radius 1 is 0.971 bits per heavy atom. The maximum absolute atomic E-state index is 12.1. The number of methoxy groups -OCH3 is 2. The number of benzene rings is 2. The van der Waals surface area contributed by atoms with E-state index < -0.39 is 10.0 Å². The highest BCUT2D eigenvalue weighted by Crippen LogP contribution is 2.33. The molecule has 2 heterocycles. The van der Waals surface area contributed by atoms with Crippen LogP contribution in [0.4, 0.5) is 17.2 Å². The van der Waals surface area contributed by atoms with E-state index in [4.69, 9.17) is 21.1 Å². The maximum atomic E-state index is 12.1. The van der Waals surface area contributed by atoms with Gasteiger partial charge in [0.1, 0.15) is 23.6 Å². The molecule has 11 heteroatoms. The van der Waals surface area contributed by atoms with E-state index in [0.717, 1.165) is 22.2 Å². The Balaban J connectivity index is 1.75. The molecule has 0 unspecified atom stereocenters. The minimum absolute atomic E-state index is 0.0713. The molecular weight excluding hydrogens is 478 g/mol. The van der Waals surface area contributed by atoms with Gasteiger partial charge in [-0.05, 0) is 48.9 Å². The van der Waals surface area contributed by atoms with Crippen molar-refractivity contribution in [3.63, 3.8) is 0 Å². The molecule has 0 amide bonds. The van der Waals surface area contributed by atoms with Gasteiger partial charge in [0.15, 0.2) is 0 Å². The minimum Gasteiger partial charge on any atom is -0.495 e. The lowest BCUT2D eigenvalue weighted by molar-refractivity contribution is 0.400. The van der Waals surface area contributed by atoms with E-state index in [1.807, 2.05) is 24.3 Å². The predicted molar refractivity (Wildman–Crippen MR) is 134 cm³/mol. The molecule has 2 aromatic carbocycles. The molecule has 0 radical (unpaired) electrons. The van der Waals surface area contributed by atoms with Gasteiger partial charge in [-0.1, -0.05) is 17.7 Å². The van der Waals surface area contributed by atoms with Crippen molar-refractivity contribution >= 4 is 49.7 Å². The number of nitrogens with one attached hydrogen (secondary N) is 2. The first-order chi connectivity index (χ1) is 16.3. The second-order valence-corrected chi connectivity index (χ2v) is 9.63. The Hall–Kier alpha value is -3.63. The summed E-state index contributed by atoms with van der Waals surface area (Å²) in [5.41, 5.74) is 3.22. The number of hydrogen-bond acceptors (Lipinski definition) is 8. The lowest BCUT2D eigenvalue weighted by atomic mass is 10.0. The van der Waals surface area contributed by atoms with Crippen LogP contribution in [0.3, 0.4) is 0 Å². The van der Waals surface area contributed by atoms with Crippen molar-refractivity contribution in [2.75, 3.05) is 30.0 Å². The largest absolute Gasteiger partial charge is 0.495 e. The number of aromatic nitrogens is 3. The normalized spacial score (nSPS) is 11.3. The smallest absolute Gasteiger partial charge is 0.238 e. The third-order valence-corrected chi connectivity index (χ3v) is 6.66. The van der Waals surface area contributed by atoms with Crippen LogP contribution in [0.25, 0.3) is 22.0 Å². The van der Waals surface area contributed by atoms with E-state index >= 15 is 0 Å². The summed E-state index contributed by atoms with van der Waals surface area (Å²) in [5.74, 6) is 1.27. The summed E-state index contributed by atoms with van der Waals surface area (Å²) in [7, 11) is -0.519. The quantitative estimate of drug-likeness (QED) is 0.353. The molecule has 0 aliphatic rings. The Kier molecular flexibility index (Phi) is 6.71. The zero-order valence-electron chi connectivity index (χ0n) is 18.7. The van der Waals surface area contributed by atoms with Gasteiger partial charge in [-0.15, -0.1) is 0 Å². The van der Waals surface area contributed by atoms with Crippen LogP contribution in [0, 0.1) is 0 Å². The fourth-order valence-corrected chi connectivity index (χ4v) is 4.19. The molecule has 0 spiro atoms. The molecule has 2 N–H and O–H groups in total. The zero-order valence-corrected chi connectivity index (χ0v) is 20.2. The summed E-state index contributed by atoms with van der Waals surface area (Å²) in [6.45, 7) is 1.56. The molecule has 2 aromatic heterocycles. The van der Waals surface area contributed by atoms with Crippen LogP contribution < -0.4 is 19.5 Å². The average Bonchev–Trinajstić information content (AvgIpc) is 2.84. The number of halogens is 1. The first-order valence-electron chi connectivity index (χ1n) is 10.2. The summed E-state index contributed by atoms with van der Waals surface area (Å²) in [5, 5.41) is 4.50. The number of anilines is 3. The third-order valence-electron chi connectivity index (χ3n) is 5.07. The maximum Gasteiger partial charge on any atom is 0.238 e. The standard InChI is InChI=1S/C23H22ClN5O4S/c1-4-34(30,31)29-20-10-15(12-25-23(20)33-3)14-5-7-19-17(9-14)22(27-13-26-19)28-16-6-8-21(32-2)18(24)11-16/h5-13,29H,4H2,1-3H3,(H,26,27,28). The highest BCUT2D eigenvalue weighted by molar-refractivity contribution is 7.92. The highest BCUT2D eigenvalue weighted by Gasteiger charge is 2.15. The predicted octanol–water partition coefficient (Wildman–Crippen LogP) is 4.87. The van der Waals surface area contributed by atoms with E-state index in [-0.39, 0.29) is 17.3 Å². The van der Waals surface area contributed by atoms with Crippen molar-refractivity contribution in [1.29, 1.82) is 0 Å². The lowest BCUT2D eigenvalue weighted by Gasteiger charge is -2.13. The fourth-order valence-electron chi connectivity index (χ4n) is 3.30. The summed E-state index contributed by atoms with van der Waals surface area (Å²) in [6.07, 6.45) is 3.09. The minimum atomic E-state index is -3.51. The second-order valence-electron chi connectivity index (χ2n) is 7.21. The Labute approximate surface area is 202 Å². The van der Waals surface area contributed by atoms with E-state index in [1.54, 1.807) is 38.4 Å². The van der Waals surface area contributed by atoms with Crippen molar-refractivity contribution in [3.8, 4) is 22.8 Å². The molecule has 0 aliphatic heterocycles. The first-order valence-corrected chi connectivity index (χ1v) is 12.3. The van der Waals surface area contributed by atoms with Crippen LogP contribution >= 0.6 is 11.6 Å². The molecule has 0 saturated heterocycles. The van der Waals surface area contributed by atoms with Gasteiger partial charge in [-0.25, -0.2) is 23.4 Å². The number of fused-ring (bicyclic) bond motifs is 1. The van der Waals surface area contributed by atoms with E-state index in [2.05, 4.69) is 25.0 Å². The van der Waals surface area contributed by atoms with Crippen LogP contribution in [0.2, 0.25) is 5.02 Å². The van der Waals surface area contributed by atoms with Crippen molar-refractivity contribution in [3.05, 3.63) is 60.0 Å². The van der Waals surface area contributed by atoms with Gasteiger partial charge in [0.2, 0.25) is 15.9 Å². The number of hydrogen-bond donors (Lipinski definition) is 2. The monoisotopic (exact) mass is 499 g/mol. The number of pyridine rings is 1. The molecular formula is C23H22ClN5O4S. The molecule has 176 valence electrons. The summed E-state index contributed by atoms with van der Waals surface area (Å²) in [6, 6.07) is 12.7. The molecule has 34 heavy (non-hydrogen) atoms. The summed E-state index contributed by atoms with van der Waals surface area (Å²) >= 11 is 6.25. The molecule has 0 bridgehead atoms. The molecule has 9 nitrogen and oxygen atoms in total. The van der Waals surface area contributed by atoms with Crippen molar-refractivity contribution in [2.24, 2.45) is 0 Å². The summed E-state index contributed by atoms with van der Waals surface area (Å²) < 4.78 is 37.2. The Morgan fingerprint density at radius 2 is 1.79 bits per heavy atom. The van der Waals surface area contributed by atoms with Crippen LogP contribution in [0.1, 0.15) is 6.92 Å². The average molecular weight is 500 g/mol. The van der Waals surface area contributed by atoms with Crippen LogP contribution in [0.15, 0.2) is 55.0 Å². The molecule has 0 saturated carbocycles. The van der Waals surface area contributed by atoms with Crippen molar-refractivity contribution in [1.82, 2.24) is 15.0 Å². The van der Waals surface area contributed by atoms with Crippen molar-refractivity contribution < 1.29 is 17.9 Å². The third kappa shape index (κ3) is 4.97. The molecule has 4 rings (SSSR count). The first kappa shape index (κ1) is 23.5. The van der Waals surface area contributed by atoms with Gasteiger partial charge in [-0.3, -0.25) is 4.72 Å². The molecule has 0 fully saturated rings. The van der Waals surface area contributed by atoms with Gasteiger partial charge in [0.25, 0.3) is 0 Å². The number of ether oxygens (including phenoxy) is 2. The van der Waals surface area contributed by atoms with Gasteiger partial charge < -0.3 is 14.8 Å². The van der Waals surface area contributed by atoms with Crippen LogP contribution in [-0.2, 0) is 10.0 Å². The van der Waals surface area contributed by atoms with Gasteiger partial charge in [0.05, 0.1) is 30.5 Å². The van der Waals surface area contributed by atoms with E-state index in [0.29, 0.717) is 22.2 Å². The van der Waals surface area contributed by atoms with Crippen molar-refractivity contribution in [2.45, 2.75) is 6.92 Å². The highest BCUT2D eigenvalue weighted by atomic mass is 35.5. The number of rotatable bonds is 8. The van der Waals surface area contributed by atoms with E-state index in [1.165, 1.54) is 13.4 Å². The summed E-state index contributed by atoms with van der Waals surface area (Å²) in [4.78, 5) is 13.0. The van der Waals surface area contributed by atoms with E-state index in [9.17, 15) is 8.42 Å². The number of nitrogens with zero attached hydrogens (tertiary/aromatic N) is 3. The van der Waals surface area contributed by atoms with Gasteiger partial charge in [-0.2, -0.15) is 0 Å². The second kappa shape index (κ2) is 9.70. The SMILES string of the molecule is CCS(=O)(=O)Nc1cc(-c2ccc3ncnc(Nc4ccc(OC)c(Cl)c4)c3c2)cnc1OC.